The third kappa shape index (κ3) is 5.35. The van der Waals surface area contributed by atoms with Gasteiger partial charge in [-0.05, 0) is 66.6 Å². The van der Waals surface area contributed by atoms with Gasteiger partial charge in [-0.2, -0.15) is 17.5 Å². The molecule has 3 heterocycles. The van der Waals surface area contributed by atoms with Crippen LogP contribution in [0.15, 0.2) is 59.8 Å². The number of halogens is 3. The predicted octanol–water partition coefficient (Wildman–Crippen LogP) is 6.62. The Bertz CT molecular complexity index is 1720. The number of fused-ring (bicyclic) bond motifs is 1. The monoisotopic (exact) mass is 615 g/mol. The maximum atomic E-state index is 13.5. The number of benzene rings is 2. The summed E-state index contributed by atoms with van der Waals surface area (Å²) in [4.78, 5) is 12.1. The fourth-order valence-electron chi connectivity index (χ4n) is 6.20. The molecule has 0 radical (unpaired) electrons. The van der Waals surface area contributed by atoms with E-state index >= 15 is 0 Å². The first-order chi connectivity index (χ1) is 20.3. The third-order valence-corrected chi connectivity index (χ3v) is 10.4. The minimum Gasteiger partial charge on any atom is -0.478 e. The molecule has 228 valence electrons. The van der Waals surface area contributed by atoms with Gasteiger partial charge in [-0.15, -0.1) is 15.9 Å². The molecule has 3 N–H and O–H groups in total. The van der Waals surface area contributed by atoms with Crippen LogP contribution in [0.4, 0.5) is 13.2 Å². The first-order valence-electron chi connectivity index (χ1n) is 13.9. The molecule has 0 spiro atoms. The molecule has 2 aliphatic rings. The highest BCUT2D eigenvalue weighted by Gasteiger charge is 2.45. The predicted molar refractivity (Wildman–Crippen MR) is 154 cm³/mol. The van der Waals surface area contributed by atoms with Crippen LogP contribution in [0, 0.1) is 12.8 Å². The molecule has 1 aliphatic heterocycles. The molecule has 9 nitrogen and oxygen atoms in total. The van der Waals surface area contributed by atoms with Crippen molar-refractivity contribution in [3.8, 4) is 5.69 Å². The number of carbonyl (C=O) groups is 1. The highest BCUT2D eigenvalue weighted by atomic mass is 32.3. The van der Waals surface area contributed by atoms with E-state index in [1.807, 2.05) is 42.8 Å². The van der Waals surface area contributed by atoms with Crippen molar-refractivity contribution in [1.29, 1.82) is 0 Å². The normalized spacial score (nSPS) is 22.6. The van der Waals surface area contributed by atoms with Crippen LogP contribution < -0.4 is 0 Å². The van der Waals surface area contributed by atoms with E-state index < -0.39 is 28.5 Å². The largest absolute Gasteiger partial charge is 0.478 e. The van der Waals surface area contributed by atoms with Crippen molar-refractivity contribution < 1.29 is 32.2 Å². The zero-order valence-corrected chi connectivity index (χ0v) is 24.6. The number of rotatable bonds is 6. The summed E-state index contributed by atoms with van der Waals surface area (Å²) in [5, 5.41) is 18.2. The van der Waals surface area contributed by atoms with E-state index in [-0.39, 0.29) is 41.3 Å². The Morgan fingerprint density at radius 3 is 2.58 bits per heavy atom. The van der Waals surface area contributed by atoms with Crippen molar-refractivity contribution >= 4 is 16.7 Å². The van der Waals surface area contributed by atoms with Gasteiger partial charge in [0, 0.05) is 55.7 Å². The second kappa shape index (κ2) is 10.5. The molecule has 4 aromatic rings. The summed E-state index contributed by atoms with van der Waals surface area (Å²) in [6, 6.07) is 10.3. The molecule has 2 aromatic carbocycles. The lowest BCUT2D eigenvalue weighted by molar-refractivity contribution is -0.137. The number of carboxylic acids is 1. The van der Waals surface area contributed by atoms with Crippen LogP contribution in [0.3, 0.4) is 0 Å². The molecule has 1 fully saturated rings. The molecule has 6 rings (SSSR count). The Labute approximate surface area is 248 Å². The maximum absolute atomic E-state index is 13.5. The Morgan fingerprint density at radius 2 is 1.91 bits per heavy atom. The van der Waals surface area contributed by atoms with Gasteiger partial charge in [0.2, 0.25) is 0 Å². The molecule has 13 heteroatoms. The second-order valence-corrected chi connectivity index (χ2v) is 13.6. The van der Waals surface area contributed by atoms with Crippen LogP contribution in [-0.2, 0) is 26.2 Å². The van der Waals surface area contributed by atoms with Crippen LogP contribution >= 0.6 is 10.8 Å². The van der Waals surface area contributed by atoms with Gasteiger partial charge >= 0.3 is 12.1 Å². The SMILES string of the molecule is Cc1c(CN2C[C@@H](C)Cc3ccc(C(F)(F)F)cc3S2(O)O)cccc1-n1ccc(C(=O)O)c1C1CC1c1cn(C)nn1. The summed E-state index contributed by atoms with van der Waals surface area (Å²) in [6.07, 6.45) is 0.0921. The number of alkyl halides is 3. The zero-order valence-electron chi connectivity index (χ0n) is 23.8. The molecule has 2 unspecified atom stereocenters. The van der Waals surface area contributed by atoms with Gasteiger partial charge < -0.3 is 9.67 Å². The van der Waals surface area contributed by atoms with Crippen LogP contribution in [0.2, 0.25) is 0 Å². The van der Waals surface area contributed by atoms with Crippen LogP contribution in [0.25, 0.3) is 5.69 Å². The fourth-order valence-corrected chi connectivity index (χ4v) is 8.05. The molecule has 0 bridgehead atoms. The lowest BCUT2D eigenvalue weighted by Crippen LogP contribution is -2.30. The van der Waals surface area contributed by atoms with Gasteiger partial charge in [-0.25, -0.2) is 4.79 Å². The van der Waals surface area contributed by atoms with Gasteiger partial charge in [-0.1, -0.05) is 30.3 Å². The number of carboxylic acid groups (broad SMARTS) is 1. The van der Waals surface area contributed by atoms with Gasteiger partial charge in [0.15, 0.2) is 0 Å². The first-order valence-corrected chi connectivity index (χ1v) is 15.4. The Morgan fingerprint density at radius 1 is 1.14 bits per heavy atom. The minimum absolute atomic E-state index is 0.0391. The van der Waals surface area contributed by atoms with Gasteiger partial charge in [0.05, 0.1) is 21.7 Å². The highest BCUT2D eigenvalue weighted by molar-refractivity contribution is 8.22. The van der Waals surface area contributed by atoms with E-state index in [0.29, 0.717) is 17.7 Å². The van der Waals surface area contributed by atoms with Crippen molar-refractivity contribution in [3.05, 3.63) is 94.1 Å². The molecule has 0 saturated heterocycles. The topological polar surface area (TPSA) is 117 Å². The summed E-state index contributed by atoms with van der Waals surface area (Å²) in [5.41, 5.74) is 3.52. The van der Waals surface area contributed by atoms with E-state index in [4.69, 9.17) is 0 Å². The van der Waals surface area contributed by atoms with Crippen molar-refractivity contribution in [2.24, 2.45) is 13.0 Å². The smallest absolute Gasteiger partial charge is 0.416 e. The lowest BCUT2D eigenvalue weighted by Gasteiger charge is -2.43. The number of aryl methyl sites for hydroxylation is 1. The summed E-state index contributed by atoms with van der Waals surface area (Å²) >= 11 is 0. The van der Waals surface area contributed by atoms with Gasteiger partial charge in [-0.3, -0.25) is 13.8 Å². The van der Waals surface area contributed by atoms with E-state index in [1.54, 1.807) is 24.0 Å². The second-order valence-electron chi connectivity index (χ2n) is 11.6. The highest BCUT2D eigenvalue weighted by Crippen LogP contribution is 2.57. The molecular weight excluding hydrogens is 583 g/mol. The van der Waals surface area contributed by atoms with Crippen molar-refractivity contribution in [2.45, 2.75) is 56.1 Å². The molecule has 1 aliphatic carbocycles. The van der Waals surface area contributed by atoms with E-state index in [2.05, 4.69) is 10.3 Å². The van der Waals surface area contributed by atoms with Crippen molar-refractivity contribution in [3.63, 3.8) is 0 Å². The number of hydrogen-bond acceptors (Lipinski definition) is 6. The standard InChI is InChI=1S/C30H32F3N5O4S/c1-17-11-19-7-8-21(30(31,32)33)12-27(19)43(41,42)37(14-17)15-20-5-4-6-26(18(20)2)38-10-9-22(29(39)40)28(38)24-13-23(24)25-16-36(3)35-34-25/h4-10,12,16-17,23-24,41-42H,11,13-15H2,1-3H3,(H,39,40)/t17-,23?,24?/m0/s1. The van der Waals surface area contributed by atoms with Gasteiger partial charge in [0.25, 0.3) is 0 Å². The van der Waals surface area contributed by atoms with E-state index in [1.165, 1.54) is 10.4 Å². The summed E-state index contributed by atoms with van der Waals surface area (Å²) < 4.78 is 68.5. The molecular formula is C30H32F3N5O4S. The summed E-state index contributed by atoms with van der Waals surface area (Å²) in [7, 11) is -1.97. The van der Waals surface area contributed by atoms with E-state index in [9.17, 15) is 32.2 Å². The van der Waals surface area contributed by atoms with Crippen LogP contribution in [0.5, 0.6) is 0 Å². The zero-order chi connectivity index (χ0) is 30.8. The minimum atomic E-state index is -4.62. The average molecular weight is 616 g/mol. The van der Waals surface area contributed by atoms with Crippen LogP contribution in [0.1, 0.15) is 69.2 Å². The summed E-state index contributed by atoms with van der Waals surface area (Å²) in [6.45, 7) is 4.16. The Hall–Kier alpha value is -3.65. The fraction of sp³-hybridized carbons (Fsp3) is 0.367. The summed E-state index contributed by atoms with van der Waals surface area (Å²) in [5.74, 6) is -1.11. The lowest BCUT2D eigenvalue weighted by atomic mass is 9.99. The number of aromatic carboxylic acids is 1. The average Bonchev–Trinajstić information content (AvgIpc) is 3.41. The third-order valence-electron chi connectivity index (χ3n) is 8.45. The number of nitrogens with zero attached hydrogens (tertiary/aromatic N) is 5. The van der Waals surface area contributed by atoms with Gasteiger partial charge in [0.1, 0.15) is 0 Å². The van der Waals surface area contributed by atoms with Crippen molar-refractivity contribution in [1.82, 2.24) is 23.9 Å². The molecule has 43 heavy (non-hydrogen) atoms. The Balaban J connectivity index is 1.36. The quantitative estimate of drug-likeness (QED) is 0.223. The van der Waals surface area contributed by atoms with E-state index in [0.717, 1.165) is 41.1 Å². The van der Waals surface area contributed by atoms with Crippen LogP contribution in [-0.4, -0.2) is 50.6 Å². The molecule has 2 aromatic heterocycles. The molecule has 1 saturated carbocycles. The number of aromatic nitrogens is 4. The number of hydrogen-bond donors (Lipinski definition) is 3. The molecule has 0 amide bonds. The first kappa shape index (κ1) is 29.4. The molecule has 3 atom stereocenters. The Kier molecular flexibility index (Phi) is 7.19. The maximum Gasteiger partial charge on any atom is 0.416 e. The van der Waals surface area contributed by atoms with Crippen molar-refractivity contribution in [2.75, 3.05) is 6.54 Å².